The lowest BCUT2D eigenvalue weighted by atomic mass is 9.70. The van der Waals surface area contributed by atoms with Crippen molar-refractivity contribution < 1.29 is 0 Å². The van der Waals surface area contributed by atoms with Crippen LogP contribution in [-0.4, -0.2) is 24.5 Å². The third kappa shape index (κ3) is 3.49. The Morgan fingerprint density at radius 2 is 2.14 bits per heavy atom. The van der Waals surface area contributed by atoms with Gasteiger partial charge in [-0.3, -0.25) is 0 Å². The molecule has 2 heteroatoms. The van der Waals surface area contributed by atoms with Gasteiger partial charge in [0.05, 0.1) is 0 Å². The molecule has 0 spiro atoms. The molecular weight excluding hydrogens is 256 g/mol. The predicted molar refractivity (Wildman–Crippen MR) is 91.4 cm³/mol. The second kappa shape index (κ2) is 6.93. The molecule has 0 heterocycles. The van der Waals surface area contributed by atoms with Crippen molar-refractivity contribution in [3.05, 3.63) is 35.4 Å². The maximum Gasteiger partial charge on any atom is 0.0482 e. The monoisotopic (exact) mass is 288 g/mol. The van der Waals surface area contributed by atoms with E-state index in [1.54, 1.807) is 0 Å². The molecule has 0 aromatic heterocycles. The molecule has 0 saturated heterocycles. The summed E-state index contributed by atoms with van der Waals surface area (Å²) in [6.45, 7) is 4.61. The number of benzene rings is 1. The van der Waals surface area contributed by atoms with E-state index in [0.717, 1.165) is 12.3 Å². The average Bonchev–Trinajstić information content (AvgIpc) is 2.47. The summed E-state index contributed by atoms with van der Waals surface area (Å²) in [5.74, 6) is 0.769. The number of hydrogen-bond donors (Lipinski definition) is 1. The first-order valence-corrected chi connectivity index (χ1v) is 8.51. The average molecular weight is 288 g/mol. The summed E-state index contributed by atoms with van der Waals surface area (Å²) in [5, 5.41) is 0. The van der Waals surface area contributed by atoms with Gasteiger partial charge >= 0.3 is 0 Å². The van der Waals surface area contributed by atoms with Crippen LogP contribution in [0.2, 0.25) is 0 Å². The van der Waals surface area contributed by atoms with Crippen LogP contribution in [0.4, 0.5) is 0 Å². The van der Waals surface area contributed by atoms with E-state index in [0.29, 0.717) is 0 Å². The summed E-state index contributed by atoms with van der Waals surface area (Å²) in [4.78, 5) is 2.39. The van der Waals surface area contributed by atoms with Crippen molar-refractivity contribution in [2.24, 2.45) is 11.7 Å². The molecule has 1 aliphatic rings. The first kappa shape index (κ1) is 16.5. The van der Waals surface area contributed by atoms with Crippen molar-refractivity contribution in [2.45, 2.75) is 64.0 Å². The third-order valence-corrected chi connectivity index (χ3v) is 5.33. The fourth-order valence-corrected chi connectivity index (χ4v) is 4.07. The largest absolute Gasteiger partial charge is 0.322 e. The molecule has 118 valence electrons. The van der Waals surface area contributed by atoms with Crippen LogP contribution in [0, 0.1) is 5.92 Å². The molecule has 1 aromatic rings. The van der Waals surface area contributed by atoms with Gasteiger partial charge < -0.3 is 10.6 Å². The SMILES string of the molecule is CCCc1cccc(C(N)C2(N(C)C)CCCC(C)C2)c1. The molecule has 1 fully saturated rings. The van der Waals surface area contributed by atoms with E-state index in [-0.39, 0.29) is 11.6 Å². The van der Waals surface area contributed by atoms with Crippen molar-refractivity contribution in [3.8, 4) is 0 Å². The molecule has 21 heavy (non-hydrogen) atoms. The Hall–Kier alpha value is -0.860. The standard InChI is InChI=1S/C19H32N2/c1-5-8-16-10-6-11-17(13-16)18(20)19(21(3)4)12-7-9-15(2)14-19/h6,10-11,13,15,18H,5,7-9,12,14,20H2,1-4H3. The van der Waals surface area contributed by atoms with Crippen molar-refractivity contribution in [1.82, 2.24) is 4.90 Å². The second-order valence-corrected chi connectivity index (χ2v) is 7.17. The Morgan fingerprint density at radius 1 is 1.38 bits per heavy atom. The minimum atomic E-state index is 0.104. The summed E-state index contributed by atoms with van der Waals surface area (Å²) in [5.41, 5.74) is 9.63. The highest BCUT2D eigenvalue weighted by atomic mass is 15.2. The summed E-state index contributed by atoms with van der Waals surface area (Å²) in [6, 6.07) is 9.06. The van der Waals surface area contributed by atoms with E-state index >= 15 is 0 Å². The Morgan fingerprint density at radius 3 is 2.76 bits per heavy atom. The molecule has 3 atom stereocenters. The van der Waals surface area contributed by atoms with Crippen LogP contribution < -0.4 is 5.73 Å². The summed E-state index contributed by atoms with van der Waals surface area (Å²) < 4.78 is 0. The molecule has 0 amide bonds. The van der Waals surface area contributed by atoms with Gasteiger partial charge in [-0.15, -0.1) is 0 Å². The molecule has 1 aliphatic carbocycles. The van der Waals surface area contributed by atoms with Gasteiger partial charge in [0.2, 0.25) is 0 Å². The maximum atomic E-state index is 6.79. The van der Waals surface area contributed by atoms with Gasteiger partial charge in [0.25, 0.3) is 0 Å². The number of hydrogen-bond acceptors (Lipinski definition) is 2. The van der Waals surface area contributed by atoms with Crippen LogP contribution in [0.15, 0.2) is 24.3 Å². The molecule has 2 nitrogen and oxygen atoms in total. The van der Waals surface area contributed by atoms with Gasteiger partial charge in [-0.2, -0.15) is 0 Å². The van der Waals surface area contributed by atoms with Gasteiger partial charge in [-0.1, -0.05) is 57.4 Å². The van der Waals surface area contributed by atoms with Crippen LogP contribution >= 0.6 is 0 Å². The van der Waals surface area contributed by atoms with E-state index in [2.05, 4.69) is 57.1 Å². The molecule has 2 N–H and O–H groups in total. The number of nitrogens with two attached hydrogens (primary N) is 1. The van der Waals surface area contributed by atoms with Gasteiger partial charge in [0, 0.05) is 11.6 Å². The summed E-state index contributed by atoms with van der Waals surface area (Å²) in [7, 11) is 4.40. The van der Waals surface area contributed by atoms with Crippen molar-refractivity contribution in [2.75, 3.05) is 14.1 Å². The minimum absolute atomic E-state index is 0.104. The van der Waals surface area contributed by atoms with E-state index in [4.69, 9.17) is 5.73 Å². The Bertz CT molecular complexity index is 455. The highest BCUT2D eigenvalue weighted by Crippen LogP contribution is 2.43. The Kier molecular flexibility index (Phi) is 5.45. The van der Waals surface area contributed by atoms with Crippen LogP contribution in [0.1, 0.15) is 63.1 Å². The highest BCUT2D eigenvalue weighted by Gasteiger charge is 2.42. The van der Waals surface area contributed by atoms with Crippen LogP contribution in [0.25, 0.3) is 0 Å². The molecule has 1 saturated carbocycles. The van der Waals surface area contributed by atoms with Crippen LogP contribution in [-0.2, 0) is 6.42 Å². The summed E-state index contributed by atoms with van der Waals surface area (Å²) >= 11 is 0. The normalized spacial score (nSPS) is 27.8. The van der Waals surface area contributed by atoms with Crippen molar-refractivity contribution >= 4 is 0 Å². The topological polar surface area (TPSA) is 29.3 Å². The van der Waals surface area contributed by atoms with Gasteiger partial charge in [-0.25, -0.2) is 0 Å². The summed E-state index contributed by atoms with van der Waals surface area (Å²) in [6.07, 6.45) is 7.39. The molecule has 0 radical (unpaired) electrons. The second-order valence-electron chi connectivity index (χ2n) is 7.17. The third-order valence-electron chi connectivity index (χ3n) is 5.33. The maximum absolute atomic E-state index is 6.79. The zero-order valence-corrected chi connectivity index (χ0v) is 14.2. The molecule has 2 rings (SSSR count). The molecule has 0 bridgehead atoms. The molecular formula is C19H32N2. The lowest BCUT2D eigenvalue weighted by molar-refractivity contribution is 0.0499. The van der Waals surface area contributed by atoms with Crippen molar-refractivity contribution in [3.63, 3.8) is 0 Å². The van der Waals surface area contributed by atoms with Gasteiger partial charge in [-0.05, 0) is 50.4 Å². The number of aryl methyl sites for hydroxylation is 1. The van der Waals surface area contributed by atoms with E-state index in [1.165, 1.54) is 43.2 Å². The quantitative estimate of drug-likeness (QED) is 0.882. The lowest BCUT2D eigenvalue weighted by Gasteiger charge is -2.49. The smallest absolute Gasteiger partial charge is 0.0482 e. The molecule has 1 aromatic carbocycles. The number of likely N-dealkylation sites (N-methyl/N-ethyl adjacent to an activating group) is 1. The van der Waals surface area contributed by atoms with Crippen LogP contribution in [0.5, 0.6) is 0 Å². The fraction of sp³-hybridized carbons (Fsp3) is 0.684. The fourth-order valence-electron chi connectivity index (χ4n) is 4.07. The predicted octanol–water partition coefficient (Wildman–Crippen LogP) is 4.15. The highest BCUT2D eigenvalue weighted by molar-refractivity contribution is 5.29. The molecule has 3 unspecified atom stereocenters. The van der Waals surface area contributed by atoms with Gasteiger partial charge in [0.15, 0.2) is 0 Å². The zero-order chi connectivity index (χ0) is 15.5. The Labute approximate surface area is 130 Å². The number of rotatable bonds is 5. The van der Waals surface area contributed by atoms with E-state index in [1.807, 2.05) is 0 Å². The van der Waals surface area contributed by atoms with E-state index < -0.39 is 0 Å². The lowest BCUT2D eigenvalue weighted by Crippen LogP contribution is -2.54. The zero-order valence-electron chi connectivity index (χ0n) is 14.2. The van der Waals surface area contributed by atoms with Crippen molar-refractivity contribution in [1.29, 1.82) is 0 Å². The Balaban J connectivity index is 2.30. The minimum Gasteiger partial charge on any atom is -0.322 e. The van der Waals surface area contributed by atoms with E-state index in [9.17, 15) is 0 Å². The number of nitrogens with zero attached hydrogens (tertiary/aromatic N) is 1. The first-order chi connectivity index (χ1) is 9.99. The molecule has 0 aliphatic heterocycles. The van der Waals surface area contributed by atoms with Gasteiger partial charge in [0.1, 0.15) is 0 Å². The first-order valence-electron chi connectivity index (χ1n) is 8.51. The van der Waals surface area contributed by atoms with Crippen LogP contribution in [0.3, 0.4) is 0 Å².